The Hall–Kier alpha value is 0.660. The van der Waals surface area contributed by atoms with Crippen molar-refractivity contribution in [2.75, 3.05) is 36.2 Å². The van der Waals surface area contributed by atoms with Crippen LogP contribution in [0.3, 0.4) is 0 Å². The summed E-state index contributed by atoms with van der Waals surface area (Å²) in [7, 11) is 0. The van der Waals surface area contributed by atoms with Crippen LogP contribution < -0.4 is 0 Å². The van der Waals surface area contributed by atoms with Crippen molar-refractivity contribution in [3.05, 3.63) is 0 Å². The molecule has 0 bridgehead atoms. The monoisotopic (exact) mass is 275 g/mol. The summed E-state index contributed by atoms with van der Waals surface area (Å²) in [4.78, 5) is 2.59. The van der Waals surface area contributed by atoms with Gasteiger partial charge in [-0.2, -0.15) is 11.8 Å². The van der Waals surface area contributed by atoms with Gasteiger partial charge in [-0.15, -0.1) is 11.8 Å². The van der Waals surface area contributed by atoms with E-state index in [0.717, 1.165) is 0 Å². The Kier molecular flexibility index (Phi) is 10.8. The molecule has 1 aliphatic rings. The molecule has 0 aliphatic carbocycles. The highest BCUT2D eigenvalue weighted by atomic mass is 32.2. The van der Waals surface area contributed by atoms with E-state index in [1.165, 1.54) is 81.2 Å². The predicted molar refractivity (Wildman–Crippen MR) is 84.2 cm³/mol. The summed E-state index contributed by atoms with van der Waals surface area (Å²) < 4.78 is 0. The van der Waals surface area contributed by atoms with Gasteiger partial charge in [0, 0.05) is 30.5 Å². The summed E-state index contributed by atoms with van der Waals surface area (Å²) in [6.07, 6.45) is 10.1. The minimum Gasteiger partial charge on any atom is -0.292 e. The van der Waals surface area contributed by atoms with Crippen LogP contribution >= 0.6 is 23.5 Å². The number of hydrogen-bond acceptors (Lipinski definition) is 3. The van der Waals surface area contributed by atoms with Gasteiger partial charge in [-0.3, -0.25) is 4.90 Å². The maximum absolute atomic E-state index is 2.59. The van der Waals surface area contributed by atoms with Gasteiger partial charge < -0.3 is 0 Å². The third-order valence-electron chi connectivity index (χ3n) is 3.27. The van der Waals surface area contributed by atoms with Gasteiger partial charge in [0.05, 0.1) is 0 Å². The minimum atomic E-state index is 1.28. The second-order valence-electron chi connectivity index (χ2n) is 4.89. The van der Waals surface area contributed by atoms with E-state index in [9.17, 15) is 0 Å². The van der Waals surface area contributed by atoms with Gasteiger partial charge in [0.15, 0.2) is 0 Å². The summed E-state index contributed by atoms with van der Waals surface area (Å²) in [5.41, 5.74) is 0. The normalized spacial score (nSPS) is 16.8. The van der Waals surface area contributed by atoms with Crippen LogP contribution in [0, 0.1) is 0 Å². The van der Waals surface area contributed by atoms with Crippen molar-refractivity contribution in [2.24, 2.45) is 0 Å². The SMILES string of the molecule is CCCCCCCCCSCCN1CCSC1. The van der Waals surface area contributed by atoms with E-state index in [-0.39, 0.29) is 0 Å². The Bertz CT molecular complexity index is 158. The lowest BCUT2D eigenvalue weighted by atomic mass is 10.1. The molecule has 1 saturated heterocycles. The van der Waals surface area contributed by atoms with Crippen molar-refractivity contribution in [1.82, 2.24) is 4.90 Å². The molecule has 0 atom stereocenters. The van der Waals surface area contributed by atoms with Crippen LogP contribution in [-0.2, 0) is 0 Å². The van der Waals surface area contributed by atoms with Crippen molar-refractivity contribution in [3.8, 4) is 0 Å². The van der Waals surface area contributed by atoms with Crippen LogP contribution in [0.5, 0.6) is 0 Å². The van der Waals surface area contributed by atoms with Crippen LogP contribution in [0.25, 0.3) is 0 Å². The van der Waals surface area contributed by atoms with Crippen molar-refractivity contribution >= 4 is 23.5 Å². The number of rotatable bonds is 11. The van der Waals surface area contributed by atoms with E-state index in [1.807, 2.05) is 0 Å². The second kappa shape index (κ2) is 11.7. The fourth-order valence-electron chi connectivity index (χ4n) is 2.09. The Morgan fingerprint density at radius 2 is 1.76 bits per heavy atom. The topological polar surface area (TPSA) is 3.24 Å². The van der Waals surface area contributed by atoms with Crippen LogP contribution in [0.1, 0.15) is 51.9 Å². The maximum Gasteiger partial charge on any atom is 0.0445 e. The molecule has 0 aromatic carbocycles. The van der Waals surface area contributed by atoms with Gasteiger partial charge in [0.25, 0.3) is 0 Å². The molecular formula is C14H29NS2. The molecule has 0 radical (unpaired) electrons. The van der Waals surface area contributed by atoms with Crippen LogP contribution in [-0.4, -0.2) is 41.1 Å². The molecule has 1 aliphatic heterocycles. The first-order chi connectivity index (χ1) is 8.43. The molecule has 1 fully saturated rings. The first kappa shape index (κ1) is 15.7. The first-order valence-electron chi connectivity index (χ1n) is 7.31. The van der Waals surface area contributed by atoms with Gasteiger partial charge in [-0.05, 0) is 12.2 Å². The molecule has 0 N–H and O–H groups in total. The minimum absolute atomic E-state index is 1.28. The van der Waals surface area contributed by atoms with Gasteiger partial charge in [-0.1, -0.05) is 45.4 Å². The highest BCUT2D eigenvalue weighted by Crippen LogP contribution is 2.15. The zero-order valence-electron chi connectivity index (χ0n) is 11.5. The quantitative estimate of drug-likeness (QED) is 0.512. The van der Waals surface area contributed by atoms with Gasteiger partial charge >= 0.3 is 0 Å². The molecule has 1 heterocycles. The van der Waals surface area contributed by atoms with Gasteiger partial charge in [0.1, 0.15) is 0 Å². The molecule has 0 unspecified atom stereocenters. The second-order valence-corrected chi connectivity index (χ2v) is 7.19. The molecular weight excluding hydrogens is 246 g/mol. The van der Waals surface area contributed by atoms with Crippen LogP contribution in [0.4, 0.5) is 0 Å². The predicted octanol–water partition coefficient (Wildman–Crippen LogP) is 4.48. The van der Waals surface area contributed by atoms with Crippen LogP contribution in [0.15, 0.2) is 0 Å². The zero-order chi connectivity index (χ0) is 12.2. The van der Waals surface area contributed by atoms with E-state index >= 15 is 0 Å². The lowest BCUT2D eigenvalue weighted by molar-refractivity contribution is 0.380. The number of unbranched alkanes of at least 4 members (excludes halogenated alkanes) is 6. The van der Waals surface area contributed by atoms with Crippen molar-refractivity contribution in [3.63, 3.8) is 0 Å². The smallest absolute Gasteiger partial charge is 0.0445 e. The Morgan fingerprint density at radius 1 is 1.00 bits per heavy atom. The first-order valence-corrected chi connectivity index (χ1v) is 9.62. The third-order valence-corrected chi connectivity index (χ3v) is 5.34. The van der Waals surface area contributed by atoms with E-state index in [1.54, 1.807) is 0 Å². The Labute approximate surface area is 116 Å². The zero-order valence-corrected chi connectivity index (χ0v) is 13.1. The van der Waals surface area contributed by atoms with E-state index in [2.05, 4.69) is 35.3 Å². The Balaban J connectivity index is 1.69. The lowest BCUT2D eigenvalue weighted by Crippen LogP contribution is -2.22. The summed E-state index contributed by atoms with van der Waals surface area (Å²) in [5, 5.41) is 0. The molecule has 17 heavy (non-hydrogen) atoms. The van der Waals surface area contributed by atoms with Gasteiger partial charge in [-0.25, -0.2) is 0 Å². The van der Waals surface area contributed by atoms with Crippen molar-refractivity contribution in [2.45, 2.75) is 51.9 Å². The van der Waals surface area contributed by atoms with Crippen molar-refractivity contribution < 1.29 is 0 Å². The molecule has 0 amide bonds. The summed E-state index contributed by atoms with van der Waals surface area (Å²) >= 11 is 4.24. The fraction of sp³-hybridized carbons (Fsp3) is 1.00. The molecule has 1 rings (SSSR count). The lowest BCUT2D eigenvalue weighted by Gasteiger charge is -2.12. The van der Waals surface area contributed by atoms with Gasteiger partial charge in [0.2, 0.25) is 0 Å². The highest BCUT2D eigenvalue weighted by molar-refractivity contribution is 7.99. The molecule has 0 aromatic rings. The molecule has 0 saturated carbocycles. The molecule has 1 nitrogen and oxygen atoms in total. The van der Waals surface area contributed by atoms with Crippen LogP contribution in [0.2, 0.25) is 0 Å². The van der Waals surface area contributed by atoms with E-state index < -0.39 is 0 Å². The molecule has 0 aromatic heterocycles. The summed E-state index contributed by atoms with van der Waals surface area (Å²) in [5.74, 6) is 5.35. The standard InChI is InChI=1S/C14H29NS2/c1-2-3-4-5-6-7-8-11-16-12-9-15-10-13-17-14-15/h2-14H2,1H3. The van der Waals surface area contributed by atoms with Crippen molar-refractivity contribution in [1.29, 1.82) is 0 Å². The fourth-order valence-corrected chi connectivity index (χ4v) is 4.12. The Morgan fingerprint density at radius 3 is 2.47 bits per heavy atom. The number of hydrogen-bond donors (Lipinski definition) is 0. The van der Waals surface area contributed by atoms with E-state index in [4.69, 9.17) is 0 Å². The van der Waals surface area contributed by atoms with E-state index in [0.29, 0.717) is 0 Å². The number of nitrogens with zero attached hydrogens (tertiary/aromatic N) is 1. The number of thioether (sulfide) groups is 2. The summed E-state index contributed by atoms with van der Waals surface area (Å²) in [6, 6.07) is 0. The average molecular weight is 276 g/mol. The largest absolute Gasteiger partial charge is 0.292 e. The third kappa shape index (κ3) is 9.26. The average Bonchev–Trinajstić information content (AvgIpc) is 2.85. The highest BCUT2D eigenvalue weighted by Gasteiger charge is 2.10. The summed E-state index contributed by atoms with van der Waals surface area (Å²) in [6.45, 7) is 4.92. The molecule has 3 heteroatoms. The molecule has 102 valence electrons. The molecule has 0 spiro atoms. The maximum atomic E-state index is 2.59.